The third kappa shape index (κ3) is 10.5. The van der Waals surface area contributed by atoms with E-state index in [0.717, 1.165) is 23.4 Å². The molecule has 2 N–H and O–H groups in total. The predicted octanol–water partition coefficient (Wildman–Crippen LogP) is 7.16. The fraction of sp³-hybridized carbons (Fsp3) is 0.265. The molecule has 0 radical (unpaired) electrons. The van der Waals surface area contributed by atoms with Gasteiger partial charge in [-0.1, -0.05) is 30.3 Å². The lowest BCUT2D eigenvalue weighted by Gasteiger charge is -2.20. The Morgan fingerprint density at radius 3 is 2.33 bits per heavy atom. The lowest BCUT2D eigenvalue weighted by molar-refractivity contribution is -0.175. The first-order valence-corrected chi connectivity index (χ1v) is 15.3. The Hall–Kier alpha value is -5.55. The molecule has 11 nitrogen and oxygen atoms in total. The van der Waals surface area contributed by atoms with Gasteiger partial charge in [0.05, 0.1) is 24.6 Å². The molecule has 6 rings (SSSR count). The summed E-state index contributed by atoms with van der Waals surface area (Å²) in [4.78, 5) is 12.4. The number of carbonyl (C=O) groups excluding carboxylic acids is 1. The Morgan fingerprint density at radius 2 is 1.61 bits per heavy atom. The van der Waals surface area contributed by atoms with E-state index in [-0.39, 0.29) is 25.7 Å². The Kier molecular flexibility index (Phi) is 12.5. The number of hydrogen-bond acceptors (Lipinski definition) is 8. The second kappa shape index (κ2) is 17.4. The van der Waals surface area contributed by atoms with Gasteiger partial charge in [-0.05, 0) is 61.0 Å². The topological polar surface area (TPSA) is 122 Å². The maximum absolute atomic E-state index is 12.6. The lowest BCUT2D eigenvalue weighted by atomic mass is 10.1. The fourth-order valence-electron chi connectivity index (χ4n) is 4.95. The summed E-state index contributed by atoms with van der Waals surface area (Å²) in [5.41, 5.74) is 3.97. The van der Waals surface area contributed by atoms with E-state index in [2.05, 4.69) is 34.8 Å². The minimum atomic E-state index is -3.14. The number of alkyl halides is 6. The number of benzene rings is 3. The third-order valence-electron chi connectivity index (χ3n) is 7.25. The number of aromatic nitrogens is 4. The maximum atomic E-state index is 12.6. The van der Waals surface area contributed by atoms with Crippen LogP contribution in [0.5, 0.6) is 17.2 Å². The van der Waals surface area contributed by atoms with Crippen LogP contribution in [0.3, 0.4) is 0 Å². The largest absolute Gasteiger partial charge is 0.484 e. The van der Waals surface area contributed by atoms with Crippen LogP contribution in [-0.2, 0) is 20.8 Å². The van der Waals surface area contributed by atoms with Crippen molar-refractivity contribution in [3.63, 3.8) is 0 Å². The zero-order chi connectivity index (χ0) is 36.3. The molecular formula is C34H31F6N5O6. The normalized spacial score (nSPS) is 15.5. The number of ether oxygens (including phenoxy) is 5. The number of amides is 1. The summed E-state index contributed by atoms with van der Waals surface area (Å²) in [6.07, 6.45) is 1.65. The van der Waals surface area contributed by atoms with E-state index in [1.165, 1.54) is 16.9 Å². The van der Waals surface area contributed by atoms with Crippen molar-refractivity contribution in [2.24, 2.45) is 0 Å². The van der Waals surface area contributed by atoms with E-state index in [9.17, 15) is 31.1 Å². The fourth-order valence-corrected chi connectivity index (χ4v) is 4.95. The molecule has 0 saturated carbocycles. The number of aromatic amines is 1. The van der Waals surface area contributed by atoms with Crippen LogP contribution in [0.25, 0.3) is 22.5 Å². The standard InChI is InChI=1S/C23H23F2N3O4.C11H8F4N2O2/c1-15-6-2-4-8-17(15)26-22(29)12-28-11-10-18(27-28)16-7-3-5-9-19(16)31-20-13-30-14-21(20)32-23(24)25;12-10(13)18-8-2-1-6(7-3-4-16-17-7)5-9(8)19-11(14)15/h2-11,20-21,23H,12-14H2,1H3,(H,26,29);1-5,10-11H,(H,16,17)/t20-,21?;/m1./s1. The highest BCUT2D eigenvalue weighted by molar-refractivity contribution is 5.91. The molecule has 5 aromatic rings. The first-order valence-electron chi connectivity index (χ1n) is 15.3. The van der Waals surface area contributed by atoms with Crippen LogP contribution in [0.4, 0.5) is 32.0 Å². The van der Waals surface area contributed by atoms with E-state index >= 15 is 0 Å². The molecule has 2 aromatic heterocycles. The SMILES string of the molecule is Cc1ccccc1NC(=O)Cn1ccc(-c2ccccc2O[C@@H]2COCC2OC(F)F)n1.FC(F)Oc1ccc(-c2ccn[nH]2)cc1OC(F)F. The van der Waals surface area contributed by atoms with E-state index in [4.69, 9.17) is 9.47 Å². The summed E-state index contributed by atoms with van der Waals surface area (Å²) in [5, 5.41) is 13.7. The number of H-pyrrole nitrogens is 1. The summed E-state index contributed by atoms with van der Waals surface area (Å²) in [5.74, 6) is -0.657. The second-order valence-corrected chi connectivity index (χ2v) is 10.8. The van der Waals surface area contributed by atoms with Crippen LogP contribution in [-0.4, -0.2) is 71.1 Å². The average Bonchev–Trinajstić information content (AvgIpc) is 3.87. The molecule has 0 aliphatic carbocycles. The van der Waals surface area contributed by atoms with Gasteiger partial charge in [0.2, 0.25) is 5.91 Å². The first-order chi connectivity index (χ1) is 24.5. The quantitative estimate of drug-likeness (QED) is 0.123. The van der Waals surface area contributed by atoms with E-state index in [1.54, 1.807) is 30.5 Å². The molecule has 0 spiro atoms. The Morgan fingerprint density at radius 1 is 0.882 bits per heavy atom. The van der Waals surface area contributed by atoms with Gasteiger partial charge >= 0.3 is 19.8 Å². The van der Waals surface area contributed by atoms with Crippen LogP contribution in [0.1, 0.15) is 5.56 Å². The molecule has 3 aromatic carbocycles. The molecular weight excluding hydrogens is 688 g/mol. The highest BCUT2D eigenvalue weighted by Crippen LogP contribution is 2.34. The lowest BCUT2D eigenvalue weighted by Crippen LogP contribution is -2.34. The van der Waals surface area contributed by atoms with Gasteiger partial charge < -0.3 is 29.0 Å². The van der Waals surface area contributed by atoms with E-state index in [0.29, 0.717) is 28.3 Å². The maximum Gasteiger partial charge on any atom is 0.387 e. The summed E-state index contributed by atoms with van der Waals surface area (Å²) in [6.45, 7) is -7.01. The van der Waals surface area contributed by atoms with Gasteiger partial charge in [-0.25, -0.2) is 0 Å². The number of hydrogen-bond donors (Lipinski definition) is 2. The molecule has 1 aliphatic rings. The van der Waals surface area contributed by atoms with Crippen molar-refractivity contribution >= 4 is 11.6 Å². The van der Waals surface area contributed by atoms with E-state index < -0.39 is 43.5 Å². The van der Waals surface area contributed by atoms with Crippen molar-refractivity contribution in [2.45, 2.75) is 45.5 Å². The van der Waals surface area contributed by atoms with Gasteiger partial charge in [-0.15, -0.1) is 0 Å². The van der Waals surface area contributed by atoms with Gasteiger partial charge in [0.1, 0.15) is 18.4 Å². The smallest absolute Gasteiger partial charge is 0.387 e. The molecule has 1 unspecified atom stereocenters. The number of halogens is 6. The van der Waals surface area contributed by atoms with Gasteiger partial charge in [0.25, 0.3) is 0 Å². The minimum Gasteiger partial charge on any atom is -0.484 e. The second-order valence-electron chi connectivity index (χ2n) is 10.8. The highest BCUT2D eigenvalue weighted by Gasteiger charge is 2.34. The molecule has 1 saturated heterocycles. The van der Waals surface area contributed by atoms with Crippen LogP contribution < -0.4 is 19.5 Å². The molecule has 17 heteroatoms. The van der Waals surface area contributed by atoms with Gasteiger partial charge in [0, 0.05) is 29.2 Å². The molecule has 1 fully saturated rings. The number of anilines is 1. The number of nitrogens with one attached hydrogen (secondary N) is 2. The Bertz CT molecular complexity index is 1860. The number of carbonyl (C=O) groups is 1. The highest BCUT2D eigenvalue weighted by atomic mass is 19.3. The van der Waals surface area contributed by atoms with Crippen molar-refractivity contribution in [2.75, 3.05) is 18.5 Å². The average molecular weight is 720 g/mol. The molecule has 2 atom stereocenters. The van der Waals surface area contributed by atoms with Crippen molar-refractivity contribution < 1.29 is 54.8 Å². The third-order valence-corrected chi connectivity index (χ3v) is 7.25. The van der Waals surface area contributed by atoms with Crippen LogP contribution in [0, 0.1) is 6.92 Å². The first kappa shape index (κ1) is 36.7. The van der Waals surface area contributed by atoms with Gasteiger partial charge in [-0.2, -0.15) is 36.5 Å². The molecule has 270 valence electrons. The molecule has 51 heavy (non-hydrogen) atoms. The van der Waals surface area contributed by atoms with Crippen molar-refractivity contribution in [3.8, 4) is 39.8 Å². The summed E-state index contributed by atoms with van der Waals surface area (Å²) < 4.78 is 99.6. The van der Waals surface area contributed by atoms with Crippen LogP contribution >= 0.6 is 0 Å². The predicted molar refractivity (Wildman–Crippen MR) is 171 cm³/mol. The number of nitrogens with zero attached hydrogens (tertiary/aromatic N) is 3. The summed E-state index contributed by atoms with van der Waals surface area (Å²) >= 11 is 0. The Balaban J connectivity index is 0.000000226. The summed E-state index contributed by atoms with van der Waals surface area (Å²) in [6, 6.07) is 21.7. The zero-order valence-corrected chi connectivity index (χ0v) is 26.7. The van der Waals surface area contributed by atoms with Crippen molar-refractivity contribution in [1.29, 1.82) is 0 Å². The minimum absolute atomic E-state index is 0.0398. The van der Waals surface area contributed by atoms with Crippen LogP contribution in [0.15, 0.2) is 91.3 Å². The van der Waals surface area contributed by atoms with Crippen molar-refractivity contribution in [1.82, 2.24) is 20.0 Å². The molecule has 1 amide bonds. The molecule has 0 bridgehead atoms. The van der Waals surface area contributed by atoms with E-state index in [1.807, 2.05) is 43.3 Å². The summed E-state index contributed by atoms with van der Waals surface area (Å²) in [7, 11) is 0. The number of aryl methyl sites for hydroxylation is 1. The van der Waals surface area contributed by atoms with Gasteiger partial charge in [-0.3, -0.25) is 14.6 Å². The van der Waals surface area contributed by atoms with Gasteiger partial charge in [0.15, 0.2) is 17.6 Å². The number of para-hydroxylation sites is 2. The Labute approximate surface area is 287 Å². The van der Waals surface area contributed by atoms with Crippen LogP contribution in [0.2, 0.25) is 0 Å². The molecule has 3 heterocycles. The zero-order valence-electron chi connectivity index (χ0n) is 26.7. The van der Waals surface area contributed by atoms with Crippen molar-refractivity contribution in [3.05, 3.63) is 96.8 Å². The molecule has 1 aliphatic heterocycles. The monoisotopic (exact) mass is 719 g/mol. The number of rotatable bonds is 13.